The molecule has 8 rings (SSSR count). The molecule has 0 bridgehead atoms. The highest BCUT2D eigenvalue weighted by Crippen LogP contribution is 2.70. The number of carbonyl (C=O) groups is 4. The molecule has 1 aromatic rings. The molecule has 0 aromatic heterocycles. The number of amides is 1. The molecule has 7 aliphatic rings. The molecular weight excluding hydrogens is 736 g/mol. The van der Waals surface area contributed by atoms with Crippen molar-refractivity contribution in [3.8, 4) is 0 Å². The Morgan fingerprint density at radius 1 is 0.947 bits per heavy atom. The van der Waals surface area contributed by atoms with Gasteiger partial charge in [0, 0.05) is 41.3 Å². The van der Waals surface area contributed by atoms with Gasteiger partial charge in [0.05, 0.1) is 24.7 Å². The molecule has 312 valence electrons. The van der Waals surface area contributed by atoms with Crippen molar-refractivity contribution in [2.75, 3.05) is 26.3 Å². The van der Waals surface area contributed by atoms with E-state index in [0.717, 1.165) is 31.4 Å². The zero-order chi connectivity index (χ0) is 40.7. The summed E-state index contributed by atoms with van der Waals surface area (Å²) in [6, 6.07) is 6.97. The minimum Gasteiger partial charge on any atom is -0.481 e. The molecule has 0 spiro atoms. The van der Waals surface area contributed by atoms with Crippen molar-refractivity contribution in [1.29, 1.82) is 0 Å². The van der Waals surface area contributed by atoms with Crippen LogP contribution in [-0.2, 0) is 19.1 Å². The van der Waals surface area contributed by atoms with Gasteiger partial charge in [0.25, 0.3) is 5.91 Å². The van der Waals surface area contributed by atoms with Crippen LogP contribution in [0.15, 0.2) is 35.4 Å². The summed E-state index contributed by atoms with van der Waals surface area (Å²) in [5, 5.41) is 17.1. The molecule has 6 fully saturated rings. The van der Waals surface area contributed by atoms with Gasteiger partial charge in [-0.2, -0.15) is 0 Å². The van der Waals surface area contributed by atoms with Gasteiger partial charge in [-0.3, -0.25) is 19.2 Å². The fraction of sp³-hybridized carbons (Fsp3) is 0.750. The van der Waals surface area contributed by atoms with Gasteiger partial charge in [0.1, 0.15) is 5.78 Å². The van der Waals surface area contributed by atoms with E-state index in [1.54, 1.807) is 24.3 Å². The number of ketones is 2. The molecule has 57 heavy (non-hydrogen) atoms. The predicted molar refractivity (Wildman–Crippen MR) is 222 cm³/mol. The Hall–Kier alpha value is -2.55. The lowest BCUT2D eigenvalue weighted by Crippen LogP contribution is -2.67. The first kappa shape index (κ1) is 41.2. The zero-order valence-electron chi connectivity index (χ0n) is 35.3. The average molecular weight is 804 g/mol. The highest BCUT2D eigenvalue weighted by molar-refractivity contribution is 6.30. The Labute approximate surface area is 345 Å². The summed E-state index contributed by atoms with van der Waals surface area (Å²) >= 11 is 6.05. The number of halogens is 1. The summed E-state index contributed by atoms with van der Waals surface area (Å²) in [6.07, 6.45) is 12.1. The van der Waals surface area contributed by atoms with E-state index in [2.05, 4.69) is 45.3 Å². The second-order valence-corrected chi connectivity index (χ2v) is 21.6. The van der Waals surface area contributed by atoms with Gasteiger partial charge in [-0.15, -0.1) is 0 Å². The molecule has 9 heteroatoms. The van der Waals surface area contributed by atoms with Crippen LogP contribution < -0.4 is 10.6 Å². The third-order valence-electron chi connectivity index (χ3n) is 17.8. The van der Waals surface area contributed by atoms with Crippen LogP contribution in [0.5, 0.6) is 0 Å². The monoisotopic (exact) mass is 802 g/mol. The number of hydrogen-bond acceptors (Lipinski definition) is 6. The normalized spacial score (nSPS) is 38.9. The highest BCUT2D eigenvalue weighted by atomic mass is 35.5. The van der Waals surface area contributed by atoms with Crippen LogP contribution in [0.3, 0.4) is 0 Å². The molecule has 8 nitrogen and oxygen atoms in total. The van der Waals surface area contributed by atoms with Gasteiger partial charge >= 0.3 is 5.97 Å². The summed E-state index contributed by atoms with van der Waals surface area (Å²) < 4.78 is 5.61. The van der Waals surface area contributed by atoms with Crippen LogP contribution >= 0.6 is 11.6 Å². The van der Waals surface area contributed by atoms with Crippen LogP contribution in [0.25, 0.3) is 0 Å². The maximum absolute atomic E-state index is 14.0. The summed E-state index contributed by atoms with van der Waals surface area (Å²) in [6.45, 7) is 16.3. The number of nitrogens with one attached hydrogen (secondary N) is 2. The molecule has 1 aromatic carbocycles. The molecular formula is C48H67ClN2O6. The van der Waals surface area contributed by atoms with E-state index in [9.17, 15) is 24.3 Å². The van der Waals surface area contributed by atoms with Crippen molar-refractivity contribution in [3.63, 3.8) is 0 Å². The van der Waals surface area contributed by atoms with Crippen LogP contribution in [0, 0.1) is 75.4 Å². The summed E-state index contributed by atoms with van der Waals surface area (Å²) in [4.78, 5) is 52.3. The molecule has 1 saturated heterocycles. The number of carboxylic acids is 1. The van der Waals surface area contributed by atoms with Gasteiger partial charge in [0.2, 0.25) is 0 Å². The van der Waals surface area contributed by atoms with Gasteiger partial charge in [-0.05, 0) is 159 Å². The Morgan fingerprint density at radius 2 is 1.68 bits per heavy atom. The third kappa shape index (κ3) is 6.97. The van der Waals surface area contributed by atoms with Crippen LogP contribution in [0.1, 0.15) is 129 Å². The molecule has 11 unspecified atom stereocenters. The SMILES string of the molecule is CC(C)C1=C2C3CCC4C(CCC5C(C)(C)C(CC(=O)C6CC(C(=O)O)C6C)CCC45C)C3CCC2(CCNCC2(NC(=O)c3ccc(Cl)cc3)COC2)CC1=O. The van der Waals surface area contributed by atoms with Crippen molar-refractivity contribution in [3.05, 3.63) is 46.0 Å². The maximum atomic E-state index is 14.0. The van der Waals surface area contributed by atoms with E-state index in [4.69, 9.17) is 16.3 Å². The molecule has 3 N–H and O–H groups in total. The summed E-state index contributed by atoms with van der Waals surface area (Å²) in [5.74, 6) is 2.89. The predicted octanol–water partition coefficient (Wildman–Crippen LogP) is 8.95. The van der Waals surface area contributed by atoms with Crippen molar-refractivity contribution < 1.29 is 29.0 Å². The lowest BCUT2D eigenvalue weighted by molar-refractivity contribution is -0.162. The second kappa shape index (κ2) is 15.2. The second-order valence-electron chi connectivity index (χ2n) is 21.2. The minimum absolute atomic E-state index is 0.0559. The van der Waals surface area contributed by atoms with Crippen LogP contribution in [-0.4, -0.2) is 60.4 Å². The molecule has 1 aliphatic heterocycles. The third-order valence-corrected chi connectivity index (χ3v) is 18.0. The Kier molecular flexibility index (Phi) is 11.0. The molecule has 11 atom stereocenters. The number of benzene rings is 1. The molecule has 1 amide bonds. The number of carbonyl (C=O) groups excluding carboxylic acids is 3. The van der Waals surface area contributed by atoms with Crippen molar-refractivity contribution in [2.45, 2.75) is 124 Å². The standard InChI is InChI=1S/C48H67ClN2O6/c1-27(2)41-39(53)23-47(19-20-50-24-48(25-57-26-48)51-43(54)29-7-9-31(49)10-8-29)18-16-32-33-12-14-40-45(4,5)30(21-38(52)35-22-36(28(35)3)44(55)56)15-17-46(40,6)37(33)13-11-34(32)42(41)47/h7-10,27-28,30,32-37,40,50H,11-26H2,1-6H3,(H,51,54)(H,55,56). The van der Waals surface area contributed by atoms with Crippen molar-refractivity contribution >= 4 is 35.0 Å². The fourth-order valence-corrected chi connectivity index (χ4v) is 14.8. The minimum atomic E-state index is -0.758. The first-order chi connectivity index (χ1) is 27.0. The largest absolute Gasteiger partial charge is 0.481 e. The molecule has 1 heterocycles. The number of hydrogen-bond donors (Lipinski definition) is 3. The van der Waals surface area contributed by atoms with E-state index in [-0.39, 0.29) is 45.8 Å². The van der Waals surface area contributed by atoms with E-state index < -0.39 is 11.5 Å². The number of ether oxygens (including phenoxy) is 1. The van der Waals surface area contributed by atoms with E-state index in [1.807, 2.05) is 6.92 Å². The summed E-state index contributed by atoms with van der Waals surface area (Å²) in [7, 11) is 0. The van der Waals surface area contributed by atoms with Crippen LogP contribution in [0.4, 0.5) is 0 Å². The van der Waals surface area contributed by atoms with E-state index >= 15 is 0 Å². The van der Waals surface area contributed by atoms with Crippen molar-refractivity contribution in [2.24, 2.45) is 75.4 Å². The van der Waals surface area contributed by atoms with Gasteiger partial charge < -0.3 is 20.5 Å². The smallest absolute Gasteiger partial charge is 0.306 e. The number of rotatable bonds is 12. The quantitative estimate of drug-likeness (QED) is 0.181. The Balaban J connectivity index is 0.935. The Morgan fingerprint density at radius 3 is 2.33 bits per heavy atom. The molecule has 6 aliphatic carbocycles. The van der Waals surface area contributed by atoms with Gasteiger partial charge in [-0.25, -0.2) is 0 Å². The topological polar surface area (TPSA) is 122 Å². The van der Waals surface area contributed by atoms with E-state index in [1.165, 1.54) is 44.1 Å². The maximum Gasteiger partial charge on any atom is 0.306 e. The van der Waals surface area contributed by atoms with E-state index in [0.29, 0.717) is 96.7 Å². The number of allylic oxidation sites excluding steroid dienone is 2. The molecule has 5 saturated carbocycles. The number of Topliss-reactive ketones (excluding diaryl/α,β-unsaturated/α-hetero) is 2. The van der Waals surface area contributed by atoms with Gasteiger partial charge in [-0.1, -0.05) is 58.7 Å². The Bertz CT molecular complexity index is 1800. The fourth-order valence-electron chi connectivity index (χ4n) is 14.7. The first-order valence-electron chi connectivity index (χ1n) is 22.4. The van der Waals surface area contributed by atoms with Crippen LogP contribution in [0.2, 0.25) is 5.02 Å². The average Bonchev–Trinajstić information content (AvgIpc) is 3.45. The molecule has 0 radical (unpaired) electrons. The lowest BCUT2D eigenvalue weighted by Gasteiger charge is -2.65. The zero-order valence-corrected chi connectivity index (χ0v) is 36.0. The number of carboxylic acid groups (broad SMARTS) is 1. The number of aliphatic carboxylic acids is 1. The van der Waals surface area contributed by atoms with Gasteiger partial charge in [0.15, 0.2) is 5.78 Å². The number of fused-ring (bicyclic) bond motifs is 7. The lowest BCUT2D eigenvalue weighted by atomic mass is 9.39. The highest BCUT2D eigenvalue weighted by Gasteiger charge is 2.63. The summed E-state index contributed by atoms with van der Waals surface area (Å²) in [5.41, 5.74) is 3.04. The first-order valence-corrected chi connectivity index (χ1v) is 22.8. The van der Waals surface area contributed by atoms with Crippen molar-refractivity contribution in [1.82, 2.24) is 10.6 Å².